The fourth-order valence-corrected chi connectivity index (χ4v) is 2.85. The van der Waals surface area contributed by atoms with Crippen LogP contribution in [0.25, 0.3) is 0 Å². The monoisotopic (exact) mass is 278 g/mol. The molecular formula is C16H26N2O2. The Bertz CT molecular complexity index is 423. The average molecular weight is 278 g/mol. The smallest absolute Gasteiger partial charge is 0.160 e. The van der Waals surface area contributed by atoms with Crippen molar-refractivity contribution < 1.29 is 9.47 Å². The fourth-order valence-electron chi connectivity index (χ4n) is 2.85. The molecule has 0 unspecified atom stereocenters. The lowest BCUT2D eigenvalue weighted by molar-refractivity contribution is 0.329. The van der Waals surface area contributed by atoms with E-state index in [1.807, 2.05) is 12.1 Å². The van der Waals surface area contributed by atoms with Gasteiger partial charge in [0.1, 0.15) is 0 Å². The Balaban J connectivity index is 1.84. The normalized spacial score (nSPS) is 22.6. The molecule has 2 rings (SSSR count). The Morgan fingerprint density at radius 1 is 1.15 bits per heavy atom. The van der Waals surface area contributed by atoms with Crippen molar-refractivity contribution >= 4 is 0 Å². The molecule has 1 aliphatic rings. The van der Waals surface area contributed by atoms with Crippen molar-refractivity contribution in [1.29, 1.82) is 0 Å². The first-order valence-electron chi connectivity index (χ1n) is 7.44. The van der Waals surface area contributed by atoms with E-state index in [1.165, 1.54) is 24.8 Å². The van der Waals surface area contributed by atoms with Gasteiger partial charge in [0.2, 0.25) is 0 Å². The second-order valence-electron chi connectivity index (χ2n) is 5.45. The minimum absolute atomic E-state index is 0.314. The van der Waals surface area contributed by atoms with E-state index in [2.05, 4.69) is 11.4 Å². The molecule has 0 heterocycles. The summed E-state index contributed by atoms with van der Waals surface area (Å²) in [7, 11) is 3.32. The van der Waals surface area contributed by atoms with Crippen LogP contribution in [0.15, 0.2) is 18.2 Å². The summed E-state index contributed by atoms with van der Waals surface area (Å²) in [6.07, 6.45) is 5.89. The van der Waals surface area contributed by atoms with Gasteiger partial charge in [0, 0.05) is 12.1 Å². The highest BCUT2D eigenvalue weighted by molar-refractivity contribution is 5.42. The largest absolute Gasteiger partial charge is 0.493 e. The van der Waals surface area contributed by atoms with Gasteiger partial charge < -0.3 is 20.5 Å². The van der Waals surface area contributed by atoms with E-state index in [-0.39, 0.29) is 0 Å². The van der Waals surface area contributed by atoms with Crippen LogP contribution in [-0.2, 0) is 6.42 Å². The second-order valence-corrected chi connectivity index (χ2v) is 5.45. The molecule has 1 fully saturated rings. The van der Waals surface area contributed by atoms with Gasteiger partial charge in [-0.1, -0.05) is 18.9 Å². The van der Waals surface area contributed by atoms with E-state index in [1.54, 1.807) is 14.2 Å². The quantitative estimate of drug-likeness (QED) is 0.837. The number of ether oxygens (including phenoxy) is 2. The van der Waals surface area contributed by atoms with E-state index >= 15 is 0 Å². The lowest BCUT2D eigenvalue weighted by Gasteiger charge is -2.29. The summed E-state index contributed by atoms with van der Waals surface area (Å²) in [5, 5.41) is 3.59. The van der Waals surface area contributed by atoms with Crippen molar-refractivity contribution in [3.05, 3.63) is 23.8 Å². The van der Waals surface area contributed by atoms with Crippen molar-refractivity contribution in [3.8, 4) is 11.5 Å². The first-order chi connectivity index (χ1) is 9.74. The number of benzene rings is 1. The molecular weight excluding hydrogens is 252 g/mol. The van der Waals surface area contributed by atoms with Crippen molar-refractivity contribution in [3.63, 3.8) is 0 Å². The van der Waals surface area contributed by atoms with Crippen molar-refractivity contribution in [2.75, 3.05) is 20.8 Å². The molecule has 0 aromatic heterocycles. The molecule has 0 bridgehead atoms. The summed E-state index contributed by atoms with van der Waals surface area (Å²) < 4.78 is 10.6. The third-order valence-electron chi connectivity index (χ3n) is 4.09. The number of methoxy groups -OCH3 is 2. The first kappa shape index (κ1) is 15.1. The topological polar surface area (TPSA) is 56.5 Å². The summed E-state index contributed by atoms with van der Waals surface area (Å²) in [4.78, 5) is 0. The fraction of sp³-hybridized carbons (Fsp3) is 0.625. The average Bonchev–Trinajstić information content (AvgIpc) is 2.49. The molecule has 0 spiro atoms. The van der Waals surface area contributed by atoms with Crippen LogP contribution in [0.2, 0.25) is 0 Å². The molecule has 4 nitrogen and oxygen atoms in total. The van der Waals surface area contributed by atoms with Crippen LogP contribution in [0, 0.1) is 0 Å². The van der Waals surface area contributed by atoms with Crippen molar-refractivity contribution in [1.82, 2.24) is 5.32 Å². The third kappa shape index (κ3) is 3.87. The van der Waals surface area contributed by atoms with Gasteiger partial charge in [0.15, 0.2) is 11.5 Å². The minimum atomic E-state index is 0.314. The predicted molar refractivity (Wildman–Crippen MR) is 81.5 cm³/mol. The number of nitrogens with one attached hydrogen (secondary N) is 1. The molecule has 3 N–H and O–H groups in total. The van der Waals surface area contributed by atoms with E-state index < -0.39 is 0 Å². The number of hydrogen-bond acceptors (Lipinski definition) is 4. The molecule has 112 valence electrons. The Morgan fingerprint density at radius 3 is 2.60 bits per heavy atom. The Morgan fingerprint density at radius 2 is 1.90 bits per heavy atom. The minimum Gasteiger partial charge on any atom is -0.493 e. The molecule has 4 heteroatoms. The Labute approximate surface area is 121 Å². The van der Waals surface area contributed by atoms with E-state index in [0.29, 0.717) is 12.1 Å². The predicted octanol–water partition coefficient (Wildman–Crippen LogP) is 2.11. The van der Waals surface area contributed by atoms with Crippen LogP contribution in [0.1, 0.15) is 31.2 Å². The molecule has 1 aromatic rings. The Kier molecular flexibility index (Phi) is 5.68. The van der Waals surface area contributed by atoms with Crippen LogP contribution < -0.4 is 20.5 Å². The van der Waals surface area contributed by atoms with Gasteiger partial charge in [0.25, 0.3) is 0 Å². The number of rotatable bonds is 6. The van der Waals surface area contributed by atoms with Crippen LogP contribution in [0.5, 0.6) is 11.5 Å². The molecule has 0 aliphatic heterocycles. The summed E-state index contributed by atoms with van der Waals surface area (Å²) in [6, 6.07) is 6.88. The molecule has 1 saturated carbocycles. The number of nitrogens with two attached hydrogens (primary N) is 1. The molecule has 2 atom stereocenters. The molecule has 1 aromatic carbocycles. The van der Waals surface area contributed by atoms with Gasteiger partial charge in [-0.15, -0.1) is 0 Å². The molecule has 20 heavy (non-hydrogen) atoms. The van der Waals surface area contributed by atoms with Gasteiger partial charge >= 0.3 is 0 Å². The summed E-state index contributed by atoms with van der Waals surface area (Å²) >= 11 is 0. The number of hydrogen-bond donors (Lipinski definition) is 2. The van der Waals surface area contributed by atoms with Crippen LogP contribution in [0.3, 0.4) is 0 Å². The first-order valence-corrected chi connectivity index (χ1v) is 7.44. The highest BCUT2D eigenvalue weighted by atomic mass is 16.5. The zero-order valence-corrected chi connectivity index (χ0v) is 12.5. The van der Waals surface area contributed by atoms with Gasteiger partial charge in [-0.05, 0) is 43.5 Å². The molecule has 1 aliphatic carbocycles. The molecule has 0 saturated heterocycles. The van der Waals surface area contributed by atoms with Crippen LogP contribution in [-0.4, -0.2) is 32.8 Å². The van der Waals surface area contributed by atoms with E-state index in [4.69, 9.17) is 15.2 Å². The summed E-state index contributed by atoms with van der Waals surface area (Å²) in [5.41, 5.74) is 7.39. The van der Waals surface area contributed by atoms with Gasteiger partial charge in [-0.25, -0.2) is 0 Å². The molecule has 0 radical (unpaired) electrons. The summed E-state index contributed by atoms with van der Waals surface area (Å²) in [5.74, 6) is 1.57. The third-order valence-corrected chi connectivity index (χ3v) is 4.09. The Hall–Kier alpha value is -1.26. The van der Waals surface area contributed by atoms with E-state index in [9.17, 15) is 0 Å². The van der Waals surface area contributed by atoms with Crippen LogP contribution >= 0.6 is 0 Å². The second kappa shape index (κ2) is 7.50. The molecule has 0 amide bonds. The highest BCUT2D eigenvalue weighted by Crippen LogP contribution is 2.27. The standard InChI is InChI=1S/C16H26N2O2/c1-19-15-8-7-12(11-16(15)20-2)9-10-18-14-6-4-3-5-13(14)17/h7-8,11,13-14,18H,3-6,9-10,17H2,1-2H3/t13-,14-/m1/s1. The summed E-state index contributed by atoms with van der Waals surface area (Å²) in [6.45, 7) is 0.952. The van der Waals surface area contributed by atoms with Gasteiger partial charge in [-0.2, -0.15) is 0 Å². The zero-order chi connectivity index (χ0) is 14.4. The zero-order valence-electron chi connectivity index (χ0n) is 12.5. The maximum atomic E-state index is 6.14. The van der Waals surface area contributed by atoms with Crippen molar-refractivity contribution in [2.24, 2.45) is 5.73 Å². The van der Waals surface area contributed by atoms with Gasteiger partial charge in [-0.3, -0.25) is 0 Å². The highest BCUT2D eigenvalue weighted by Gasteiger charge is 2.20. The maximum Gasteiger partial charge on any atom is 0.160 e. The van der Waals surface area contributed by atoms with Crippen LogP contribution in [0.4, 0.5) is 0 Å². The lowest BCUT2D eigenvalue weighted by atomic mass is 9.91. The van der Waals surface area contributed by atoms with Crippen molar-refractivity contribution in [2.45, 2.75) is 44.2 Å². The SMILES string of the molecule is COc1ccc(CCN[C@@H]2CCCC[C@H]2N)cc1OC. The maximum absolute atomic E-state index is 6.14. The lowest BCUT2D eigenvalue weighted by Crippen LogP contribution is -2.47. The van der Waals surface area contributed by atoms with Gasteiger partial charge in [0.05, 0.1) is 14.2 Å². The van der Waals surface area contributed by atoms with E-state index in [0.717, 1.165) is 30.9 Å².